The van der Waals surface area contributed by atoms with Crippen LogP contribution >= 0.6 is 11.6 Å². The van der Waals surface area contributed by atoms with Gasteiger partial charge in [0.2, 0.25) is 15.9 Å². The average molecular weight is 495 g/mol. The summed E-state index contributed by atoms with van der Waals surface area (Å²) < 4.78 is 38.8. The predicted octanol–water partition coefficient (Wildman–Crippen LogP) is 4.56. The van der Waals surface area contributed by atoms with E-state index in [1.54, 1.807) is 7.11 Å². The van der Waals surface area contributed by atoms with Crippen molar-refractivity contribution < 1.29 is 22.7 Å². The molecule has 0 bridgehead atoms. The Morgan fingerprint density at radius 2 is 1.76 bits per heavy atom. The van der Waals surface area contributed by atoms with E-state index in [0.29, 0.717) is 5.75 Å². The van der Waals surface area contributed by atoms with Crippen molar-refractivity contribution in [1.29, 1.82) is 0 Å². The van der Waals surface area contributed by atoms with Crippen molar-refractivity contribution >= 4 is 27.5 Å². The van der Waals surface area contributed by atoms with Crippen LogP contribution in [0.5, 0.6) is 11.5 Å². The van der Waals surface area contributed by atoms with Gasteiger partial charge >= 0.3 is 0 Å². The van der Waals surface area contributed by atoms with Crippen LogP contribution in [0.3, 0.4) is 0 Å². The van der Waals surface area contributed by atoms with E-state index in [4.69, 9.17) is 21.1 Å². The fourth-order valence-electron chi connectivity index (χ4n) is 4.13. The van der Waals surface area contributed by atoms with Gasteiger partial charge in [-0.1, -0.05) is 43.0 Å². The van der Waals surface area contributed by atoms with E-state index < -0.39 is 10.0 Å². The highest BCUT2D eigenvalue weighted by Gasteiger charge is 2.34. The number of halogens is 1. The van der Waals surface area contributed by atoms with Gasteiger partial charge in [0.25, 0.3) is 0 Å². The van der Waals surface area contributed by atoms with E-state index in [1.165, 1.54) is 29.6 Å². The lowest BCUT2D eigenvalue weighted by atomic mass is 9.95. The molecule has 0 aromatic heterocycles. The Hall–Kier alpha value is -2.29. The molecule has 1 fully saturated rings. The molecule has 2 aromatic rings. The summed E-state index contributed by atoms with van der Waals surface area (Å²) in [6.07, 6.45) is 4.39. The smallest absolute Gasteiger partial charge is 0.243 e. The molecule has 180 valence electrons. The van der Waals surface area contributed by atoms with Crippen LogP contribution in [0.25, 0.3) is 0 Å². The summed E-state index contributed by atoms with van der Waals surface area (Å²) >= 11 is 6.19. The third-order valence-corrected chi connectivity index (χ3v) is 8.19. The van der Waals surface area contributed by atoms with Gasteiger partial charge in [-0.15, -0.1) is 0 Å². The first-order chi connectivity index (χ1) is 15.8. The maximum atomic E-state index is 13.6. The molecule has 0 unspecified atom stereocenters. The molecular formula is C24H31ClN2O5S. The average Bonchev–Trinajstić information content (AvgIpc) is 2.83. The first-order valence-corrected chi connectivity index (χ1v) is 12.9. The van der Waals surface area contributed by atoms with Crippen molar-refractivity contribution in [2.24, 2.45) is 0 Å². The number of carbonyl (C=O) groups is 1. The Balaban J connectivity index is 1.81. The summed E-state index contributed by atoms with van der Waals surface area (Å²) in [4.78, 5) is 13.0. The maximum Gasteiger partial charge on any atom is 0.243 e. The second-order valence-electron chi connectivity index (χ2n) is 8.20. The lowest BCUT2D eigenvalue weighted by Gasteiger charge is -2.33. The SMILES string of the molecule is COc1ccc([C@@H](C)NC(=O)CN(C2CCCCC2)S(=O)(=O)c2ccc(OC)c(Cl)c2)cc1. The fraction of sp³-hybridized carbons (Fsp3) is 0.458. The first-order valence-electron chi connectivity index (χ1n) is 11.0. The van der Waals surface area contributed by atoms with Crippen LogP contribution in [0.2, 0.25) is 5.02 Å². The number of nitrogens with one attached hydrogen (secondary N) is 1. The van der Waals surface area contributed by atoms with Gasteiger partial charge in [0.05, 0.1) is 36.7 Å². The van der Waals surface area contributed by atoms with Crippen molar-refractivity contribution in [2.45, 2.75) is 56.0 Å². The van der Waals surface area contributed by atoms with Gasteiger partial charge in [0, 0.05) is 6.04 Å². The minimum absolute atomic E-state index is 0.0508. The van der Waals surface area contributed by atoms with Crippen LogP contribution in [0, 0.1) is 0 Å². The minimum Gasteiger partial charge on any atom is -0.497 e. The quantitative estimate of drug-likeness (QED) is 0.552. The molecule has 2 aromatic carbocycles. The van der Waals surface area contributed by atoms with Crippen LogP contribution in [-0.2, 0) is 14.8 Å². The van der Waals surface area contributed by atoms with Gasteiger partial charge in [0.15, 0.2) is 0 Å². The molecule has 1 N–H and O–H groups in total. The second-order valence-corrected chi connectivity index (χ2v) is 10.5. The minimum atomic E-state index is -3.94. The fourth-order valence-corrected chi connectivity index (χ4v) is 6.12. The number of hydrogen-bond donors (Lipinski definition) is 1. The Kier molecular flexibility index (Phi) is 8.62. The first kappa shape index (κ1) is 25.3. The number of hydrogen-bond acceptors (Lipinski definition) is 5. The zero-order valence-corrected chi connectivity index (χ0v) is 20.8. The van der Waals surface area contributed by atoms with E-state index in [-0.39, 0.29) is 34.5 Å². The van der Waals surface area contributed by atoms with Gasteiger partial charge in [-0.25, -0.2) is 8.42 Å². The summed E-state index contributed by atoms with van der Waals surface area (Å²) in [7, 11) is -0.873. The third-order valence-electron chi connectivity index (χ3n) is 6.00. The highest BCUT2D eigenvalue weighted by Crippen LogP contribution is 2.32. The van der Waals surface area contributed by atoms with Gasteiger partial charge in [-0.3, -0.25) is 4.79 Å². The molecule has 0 spiro atoms. The van der Waals surface area contributed by atoms with E-state index in [2.05, 4.69) is 5.32 Å². The molecule has 1 amide bonds. The highest BCUT2D eigenvalue weighted by molar-refractivity contribution is 7.89. The summed E-state index contributed by atoms with van der Waals surface area (Å²) in [5.74, 6) is 0.767. The third kappa shape index (κ3) is 6.19. The molecule has 1 aliphatic rings. The number of carbonyl (C=O) groups excluding carboxylic acids is 1. The normalized spacial score (nSPS) is 15.8. The Morgan fingerprint density at radius 1 is 1.09 bits per heavy atom. The zero-order valence-electron chi connectivity index (χ0n) is 19.2. The topological polar surface area (TPSA) is 84.9 Å². The van der Waals surface area contributed by atoms with Crippen LogP contribution in [0.1, 0.15) is 50.6 Å². The number of nitrogens with zero attached hydrogens (tertiary/aromatic N) is 1. The van der Waals surface area contributed by atoms with Crippen LogP contribution in [0.4, 0.5) is 0 Å². The zero-order chi connectivity index (χ0) is 24.0. The van der Waals surface area contributed by atoms with Crippen LogP contribution < -0.4 is 14.8 Å². The van der Waals surface area contributed by atoms with Crippen molar-refractivity contribution in [3.05, 3.63) is 53.1 Å². The number of amides is 1. The molecule has 1 saturated carbocycles. The number of benzene rings is 2. The maximum absolute atomic E-state index is 13.6. The monoisotopic (exact) mass is 494 g/mol. The predicted molar refractivity (Wildman–Crippen MR) is 128 cm³/mol. The summed E-state index contributed by atoms with van der Waals surface area (Å²) in [6, 6.07) is 11.3. The standard InChI is InChI=1S/C24H31ClN2O5S/c1-17(18-9-11-20(31-2)12-10-18)26-24(28)16-27(19-7-5-4-6-8-19)33(29,30)21-13-14-23(32-3)22(25)15-21/h9-15,17,19H,4-8,16H2,1-3H3,(H,26,28)/t17-/m1/s1. The summed E-state index contributed by atoms with van der Waals surface area (Å²) in [5, 5.41) is 3.13. The largest absolute Gasteiger partial charge is 0.497 e. The number of sulfonamides is 1. The van der Waals surface area contributed by atoms with Gasteiger partial charge in [-0.2, -0.15) is 4.31 Å². The summed E-state index contributed by atoms with van der Waals surface area (Å²) in [5.41, 5.74) is 0.901. The van der Waals surface area contributed by atoms with Gasteiger partial charge in [0.1, 0.15) is 11.5 Å². The van der Waals surface area contributed by atoms with Gasteiger partial charge < -0.3 is 14.8 Å². The van der Waals surface area contributed by atoms with E-state index in [0.717, 1.165) is 43.4 Å². The Morgan fingerprint density at radius 3 is 2.33 bits per heavy atom. The highest BCUT2D eigenvalue weighted by atomic mass is 35.5. The molecule has 0 saturated heterocycles. The molecule has 0 heterocycles. The Labute approximate surface area is 201 Å². The van der Waals surface area contributed by atoms with Crippen molar-refractivity contribution in [2.75, 3.05) is 20.8 Å². The molecule has 3 rings (SSSR count). The van der Waals surface area contributed by atoms with Gasteiger partial charge in [-0.05, 0) is 55.7 Å². The molecule has 0 radical (unpaired) electrons. The van der Waals surface area contributed by atoms with E-state index in [9.17, 15) is 13.2 Å². The molecule has 33 heavy (non-hydrogen) atoms. The van der Waals surface area contributed by atoms with E-state index >= 15 is 0 Å². The van der Waals surface area contributed by atoms with E-state index in [1.807, 2.05) is 31.2 Å². The molecule has 1 aliphatic carbocycles. The van der Waals surface area contributed by atoms with Crippen LogP contribution in [-0.4, -0.2) is 45.4 Å². The Bertz CT molecular complexity index is 1050. The number of ether oxygens (including phenoxy) is 2. The van der Waals surface area contributed by atoms with Crippen molar-refractivity contribution in [1.82, 2.24) is 9.62 Å². The molecular weight excluding hydrogens is 464 g/mol. The summed E-state index contributed by atoms with van der Waals surface area (Å²) in [6.45, 7) is 1.61. The lowest BCUT2D eigenvalue weighted by Crippen LogP contribution is -2.47. The number of methoxy groups -OCH3 is 2. The van der Waals surface area contributed by atoms with Crippen molar-refractivity contribution in [3.63, 3.8) is 0 Å². The van der Waals surface area contributed by atoms with Crippen molar-refractivity contribution in [3.8, 4) is 11.5 Å². The lowest BCUT2D eigenvalue weighted by molar-refractivity contribution is -0.122. The molecule has 0 aliphatic heterocycles. The molecule has 9 heteroatoms. The number of rotatable bonds is 9. The van der Waals surface area contributed by atoms with Crippen LogP contribution in [0.15, 0.2) is 47.4 Å². The molecule has 1 atom stereocenters. The molecule has 7 nitrogen and oxygen atoms in total. The second kappa shape index (κ2) is 11.2.